The minimum atomic E-state index is -4.98. The molecule has 3 rings (SSSR count). The summed E-state index contributed by atoms with van der Waals surface area (Å²) in [5.74, 6) is 0. The molecule has 0 saturated carbocycles. The summed E-state index contributed by atoms with van der Waals surface area (Å²) >= 11 is 0. The van der Waals surface area contributed by atoms with Crippen LogP contribution in [0.25, 0.3) is 5.57 Å². The summed E-state index contributed by atoms with van der Waals surface area (Å²) in [4.78, 5) is 13.2. The Morgan fingerprint density at radius 3 is 2.85 bits per heavy atom. The van der Waals surface area contributed by atoms with Crippen LogP contribution in [0, 0.1) is 0 Å². The van der Waals surface area contributed by atoms with Crippen LogP contribution in [0.15, 0.2) is 23.1 Å². The molecule has 1 aromatic heterocycles. The largest absolute Gasteiger partial charge is 1.00 e. The van der Waals surface area contributed by atoms with E-state index >= 15 is 0 Å². The molecule has 0 radical (unpaired) electrons. The Morgan fingerprint density at radius 1 is 1.50 bits per heavy atom. The van der Waals surface area contributed by atoms with Gasteiger partial charge in [0.05, 0.1) is 12.2 Å². The number of hydrogen-bond donors (Lipinski definition) is 0. The summed E-state index contributed by atoms with van der Waals surface area (Å²) in [6.45, 7) is 0.540. The van der Waals surface area contributed by atoms with E-state index in [1.54, 1.807) is 6.08 Å². The van der Waals surface area contributed by atoms with Gasteiger partial charge < -0.3 is 14.0 Å². The number of hydroxylamine groups is 2. The van der Waals surface area contributed by atoms with Crippen molar-refractivity contribution in [1.29, 1.82) is 0 Å². The van der Waals surface area contributed by atoms with Crippen LogP contribution in [-0.2, 0) is 14.7 Å². The molecule has 0 aromatic carbocycles. The maximum Gasteiger partial charge on any atom is 1.00 e. The van der Waals surface area contributed by atoms with Crippen molar-refractivity contribution in [2.24, 2.45) is 0 Å². The zero-order chi connectivity index (χ0) is 13.6. The smallest absolute Gasteiger partial charge is 0.724 e. The molecular weight excluding hydrogens is 301 g/mol. The summed E-state index contributed by atoms with van der Waals surface area (Å²) in [6.07, 6.45) is 4.55. The molecule has 2 aliphatic rings. The van der Waals surface area contributed by atoms with Gasteiger partial charge in [-0.05, 0) is 5.57 Å². The third-order valence-corrected chi connectivity index (χ3v) is 3.24. The van der Waals surface area contributed by atoms with Gasteiger partial charge in [0.15, 0.2) is 0 Å². The topological polar surface area (TPSA) is 116 Å². The monoisotopic (exact) mass is 309 g/mol. The van der Waals surface area contributed by atoms with E-state index in [-0.39, 0.29) is 42.6 Å². The van der Waals surface area contributed by atoms with Gasteiger partial charge in [0.1, 0.15) is 6.26 Å². The first-order chi connectivity index (χ1) is 8.94. The molecule has 0 N–H and O–H groups in total. The van der Waals surface area contributed by atoms with Crippen LogP contribution in [0.1, 0.15) is 5.56 Å². The second-order valence-electron chi connectivity index (χ2n) is 4.14. The Bertz CT molecular complexity index is 643. The van der Waals surface area contributed by atoms with Crippen molar-refractivity contribution in [3.8, 4) is 0 Å². The molecule has 9 nitrogen and oxygen atoms in total. The average Bonchev–Trinajstić information content (AvgIpc) is 2.92. The van der Waals surface area contributed by atoms with Crippen molar-refractivity contribution in [3.05, 3.63) is 24.1 Å². The number of urea groups is 1. The number of hydrogen-bond acceptors (Lipinski definition) is 7. The van der Waals surface area contributed by atoms with Gasteiger partial charge in [0.2, 0.25) is 10.4 Å². The Kier molecular flexibility index (Phi) is 4.23. The van der Waals surface area contributed by atoms with Gasteiger partial charge >= 0.3 is 35.6 Å². The Morgan fingerprint density at radius 2 is 2.25 bits per heavy atom. The number of aromatic nitrogens is 1. The van der Waals surface area contributed by atoms with E-state index in [1.807, 2.05) is 0 Å². The average molecular weight is 309 g/mol. The minimum Gasteiger partial charge on any atom is -0.724 e. The van der Waals surface area contributed by atoms with E-state index in [1.165, 1.54) is 17.4 Å². The quantitative estimate of drug-likeness (QED) is 0.324. The van der Waals surface area contributed by atoms with Crippen molar-refractivity contribution >= 4 is 22.0 Å². The molecule has 20 heavy (non-hydrogen) atoms. The van der Waals surface area contributed by atoms with Gasteiger partial charge in [-0.2, -0.15) is 9.35 Å². The predicted octanol–water partition coefficient (Wildman–Crippen LogP) is -3.43. The van der Waals surface area contributed by atoms with Crippen molar-refractivity contribution in [2.45, 2.75) is 6.04 Å². The molecule has 1 fully saturated rings. The molecule has 11 heteroatoms. The first-order valence-corrected chi connectivity index (χ1v) is 6.61. The minimum absolute atomic E-state index is 0. The molecule has 2 bridgehead atoms. The summed E-state index contributed by atoms with van der Waals surface area (Å²) in [5, 5.41) is 4.13. The fourth-order valence-electron chi connectivity index (χ4n) is 2.14. The van der Waals surface area contributed by atoms with Crippen LogP contribution >= 0.6 is 0 Å². The maximum absolute atomic E-state index is 11.8. The van der Waals surface area contributed by atoms with E-state index in [0.717, 1.165) is 5.57 Å². The molecule has 1 unspecified atom stereocenters. The van der Waals surface area contributed by atoms with Crippen LogP contribution in [0.2, 0.25) is 0 Å². The Balaban J connectivity index is 0.00000147. The molecule has 3 heterocycles. The third-order valence-electron chi connectivity index (χ3n) is 2.90. The van der Waals surface area contributed by atoms with E-state index in [2.05, 4.69) is 9.44 Å². The number of rotatable bonds is 3. The summed E-state index contributed by atoms with van der Waals surface area (Å²) < 4.78 is 40.7. The van der Waals surface area contributed by atoms with Gasteiger partial charge in [-0.15, -0.1) is 0 Å². The third kappa shape index (κ3) is 2.90. The fraction of sp³-hybridized carbons (Fsp3) is 0.333. The molecule has 2 aliphatic heterocycles. The van der Waals surface area contributed by atoms with Gasteiger partial charge in [0, 0.05) is 18.7 Å². The number of fused-ring (bicyclic) bond motifs is 2. The van der Waals surface area contributed by atoms with E-state index in [4.69, 9.17) is 4.52 Å². The fourth-order valence-corrected chi connectivity index (χ4v) is 2.51. The first kappa shape index (κ1) is 15.5. The predicted molar refractivity (Wildman–Crippen MR) is 57.9 cm³/mol. The summed E-state index contributed by atoms with van der Waals surface area (Å²) in [7, 11) is -4.98. The zero-order valence-corrected chi connectivity index (χ0v) is 13.2. The van der Waals surface area contributed by atoms with E-state index < -0.39 is 22.5 Å². The second kappa shape index (κ2) is 5.47. The molecule has 0 aliphatic carbocycles. The first-order valence-electron chi connectivity index (χ1n) is 5.28. The van der Waals surface area contributed by atoms with Crippen LogP contribution in [0.4, 0.5) is 4.79 Å². The summed E-state index contributed by atoms with van der Waals surface area (Å²) in [5.41, 5.74) is 1.44. The summed E-state index contributed by atoms with van der Waals surface area (Å²) in [6, 6.07) is -1.29. The molecule has 2 amide bonds. The maximum atomic E-state index is 11.8. The molecule has 1 atom stereocenters. The number of carbonyl (C=O) groups excluding carboxylic acids is 1. The van der Waals surface area contributed by atoms with Gasteiger partial charge in [-0.25, -0.2) is 13.2 Å². The normalized spacial score (nSPS) is 21.8. The van der Waals surface area contributed by atoms with Crippen molar-refractivity contribution < 1.29 is 56.1 Å². The molecule has 1 saturated heterocycles. The zero-order valence-electron chi connectivity index (χ0n) is 10.4. The molecular formula is C9H8N3NaO6S. The standard InChI is InChI=1S/C9H9N3O6S.Na/c13-9-11-3-6(7-2-10-17-5-7)1-8(4-11)12(9)18-19(14,15)16;/h1-2,5,8H,3-4H2,(H,14,15,16);/q;+1/p-1. The van der Waals surface area contributed by atoms with Crippen LogP contribution in [0.5, 0.6) is 0 Å². The van der Waals surface area contributed by atoms with Crippen LogP contribution in [0.3, 0.4) is 0 Å². The SMILES string of the molecule is O=C1N2CC(c3cnoc3)=CC(C2)N1OS(=O)(=O)[O-].[Na+]. The van der Waals surface area contributed by atoms with Crippen molar-refractivity contribution in [1.82, 2.24) is 15.1 Å². The van der Waals surface area contributed by atoms with E-state index in [0.29, 0.717) is 10.6 Å². The molecule has 0 spiro atoms. The van der Waals surface area contributed by atoms with Gasteiger partial charge in [0.25, 0.3) is 0 Å². The van der Waals surface area contributed by atoms with Crippen LogP contribution < -0.4 is 29.6 Å². The molecule has 102 valence electrons. The number of nitrogens with zero attached hydrogens (tertiary/aromatic N) is 3. The Hall–Kier alpha value is -0.910. The number of amides is 2. The van der Waals surface area contributed by atoms with Crippen molar-refractivity contribution in [2.75, 3.05) is 13.1 Å². The molecule has 1 aromatic rings. The van der Waals surface area contributed by atoms with Gasteiger partial charge in [-0.3, -0.25) is 0 Å². The van der Waals surface area contributed by atoms with Gasteiger partial charge in [-0.1, -0.05) is 11.2 Å². The Labute approximate surface area is 136 Å². The van der Waals surface area contributed by atoms with E-state index in [9.17, 15) is 17.8 Å². The number of carbonyl (C=O) groups is 1. The van der Waals surface area contributed by atoms with Crippen LogP contribution in [-0.4, -0.2) is 53.3 Å². The van der Waals surface area contributed by atoms with Crippen molar-refractivity contribution in [3.63, 3.8) is 0 Å². The second-order valence-corrected chi connectivity index (χ2v) is 5.11.